The highest BCUT2D eigenvalue weighted by atomic mass is 79.9. The van der Waals surface area contributed by atoms with Crippen LogP contribution >= 0.6 is 27.3 Å². The minimum atomic E-state index is -0.0888. The minimum Gasteiger partial charge on any atom is -0.324 e. The molecule has 0 aliphatic rings. The number of thiophene rings is 1. The third-order valence-electron chi connectivity index (χ3n) is 2.26. The fourth-order valence-corrected chi connectivity index (χ4v) is 2.50. The maximum atomic E-state index is 6.02. The second-order valence-corrected chi connectivity index (χ2v) is 6.36. The molecule has 0 bridgehead atoms. The largest absolute Gasteiger partial charge is 0.324 e. The van der Waals surface area contributed by atoms with E-state index in [4.69, 9.17) is 5.73 Å². The SMILES string of the molecule is CCC(C)(N)CNCc1ccc(Br)s1. The van der Waals surface area contributed by atoms with Gasteiger partial charge < -0.3 is 11.1 Å². The second kappa shape index (κ2) is 5.26. The summed E-state index contributed by atoms with van der Waals surface area (Å²) >= 11 is 5.20. The van der Waals surface area contributed by atoms with Crippen molar-refractivity contribution in [3.63, 3.8) is 0 Å². The molecular weight excluding hydrogens is 260 g/mol. The molecule has 1 atom stereocenters. The van der Waals surface area contributed by atoms with Crippen molar-refractivity contribution in [3.05, 3.63) is 20.8 Å². The van der Waals surface area contributed by atoms with Crippen molar-refractivity contribution in [1.82, 2.24) is 5.32 Å². The Bertz CT molecular complexity index is 283. The van der Waals surface area contributed by atoms with Crippen LogP contribution in [0.2, 0.25) is 0 Å². The fraction of sp³-hybridized carbons (Fsp3) is 0.600. The lowest BCUT2D eigenvalue weighted by molar-refractivity contribution is 0.417. The Morgan fingerprint density at radius 1 is 1.57 bits per heavy atom. The van der Waals surface area contributed by atoms with Gasteiger partial charge in [-0.1, -0.05) is 6.92 Å². The van der Waals surface area contributed by atoms with Gasteiger partial charge in [-0.2, -0.15) is 0 Å². The van der Waals surface area contributed by atoms with Crippen LogP contribution in [0.4, 0.5) is 0 Å². The molecule has 1 aromatic heterocycles. The monoisotopic (exact) mass is 276 g/mol. The maximum Gasteiger partial charge on any atom is 0.0701 e. The summed E-state index contributed by atoms with van der Waals surface area (Å²) in [5.41, 5.74) is 5.93. The summed E-state index contributed by atoms with van der Waals surface area (Å²) in [6, 6.07) is 4.20. The molecule has 14 heavy (non-hydrogen) atoms. The van der Waals surface area contributed by atoms with Gasteiger partial charge in [0.15, 0.2) is 0 Å². The fourth-order valence-electron chi connectivity index (χ4n) is 1.04. The summed E-state index contributed by atoms with van der Waals surface area (Å²) < 4.78 is 1.18. The molecule has 3 N–H and O–H groups in total. The number of hydrogen-bond acceptors (Lipinski definition) is 3. The summed E-state index contributed by atoms with van der Waals surface area (Å²) in [5, 5.41) is 3.37. The highest BCUT2D eigenvalue weighted by molar-refractivity contribution is 9.11. The number of rotatable bonds is 5. The topological polar surface area (TPSA) is 38.0 Å². The standard InChI is InChI=1S/C10H17BrN2S/c1-3-10(2,12)7-13-6-8-4-5-9(11)14-8/h4-5,13H,3,6-7,12H2,1-2H3. The average molecular weight is 277 g/mol. The number of halogens is 1. The van der Waals surface area contributed by atoms with Crippen LogP contribution in [-0.4, -0.2) is 12.1 Å². The van der Waals surface area contributed by atoms with Crippen LogP contribution in [0.5, 0.6) is 0 Å². The van der Waals surface area contributed by atoms with E-state index >= 15 is 0 Å². The van der Waals surface area contributed by atoms with E-state index in [1.165, 1.54) is 8.66 Å². The molecule has 0 radical (unpaired) electrons. The lowest BCUT2D eigenvalue weighted by atomic mass is 10.0. The maximum absolute atomic E-state index is 6.02. The summed E-state index contributed by atoms with van der Waals surface area (Å²) in [5.74, 6) is 0. The first-order chi connectivity index (χ1) is 6.53. The van der Waals surface area contributed by atoms with Crippen molar-refractivity contribution in [2.24, 2.45) is 5.73 Å². The van der Waals surface area contributed by atoms with Crippen LogP contribution in [0.1, 0.15) is 25.1 Å². The van der Waals surface area contributed by atoms with Gasteiger partial charge in [-0.25, -0.2) is 0 Å². The van der Waals surface area contributed by atoms with E-state index in [2.05, 4.69) is 47.2 Å². The molecule has 1 aromatic rings. The van der Waals surface area contributed by atoms with E-state index in [9.17, 15) is 0 Å². The molecule has 0 fully saturated rings. The van der Waals surface area contributed by atoms with Crippen LogP contribution in [0.3, 0.4) is 0 Å². The van der Waals surface area contributed by atoms with Gasteiger partial charge in [-0.3, -0.25) is 0 Å². The van der Waals surface area contributed by atoms with Crippen LogP contribution < -0.4 is 11.1 Å². The summed E-state index contributed by atoms with van der Waals surface area (Å²) in [7, 11) is 0. The molecule has 0 aliphatic heterocycles. The molecule has 1 rings (SSSR count). The van der Waals surface area contributed by atoms with Crippen molar-refractivity contribution in [2.45, 2.75) is 32.4 Å². The van der Waals surface area contributed by atoms with Crippen molar-refractivity contribution in [1.29, 1.82) is 0 Å². The summed E-state index contributed by atoms with van der Waals surface area (Å²) in [4.78, 5) is 1.34. The quantitative estimate of drug-likeness (QED) is 0.868. The molecule has 0 saturated heterocycles. The van der Waals surface area contributed by atoms with Gasteiger partial charge in [-0.05, 0) is 41.4 Å². The van der Waals surface area contributed by atoms with Gasteiger partial charge in [0.1, 0.15) is 0 Å². The van der Waals surface area contributed by atoms with Gasteiger partial charge in [0.25, 0.3) is 0 Å². The Balaban J connectivity index is 2.28. The van der Waals surface area contributed by atoms with Gasteiger partial charge in [-0.15, -0.1) is 11.3 Å². The molecule has 1 unspecified atom stereocenters. The summed E-state index contributed by atoms with van der Waals surface area (Å²) in [6.45, 7) is 5.95. The van der Waals surface area contributed by atoms with Crippen molar-refractivity contribution >= 4 is 27.3 Å². The highest BCUT2D eigenvalue weighted by Gasteiger charge is 2.14. The smallest absolute Gasteiger partial charge is 0.0701 e. The number of hydrogen-bond donors (Lipinski definition) is 2. The first-order valence-electron chi connectivity index (χ1n) is 4.77. The molecule has 80 valence electrons. The minimum absolute atomic E-state index is 0.0888. The predicted octanol–water partition coefficient (Wildman–Crippen LogP) is 2.73. The first kappa shape index (κ1) is 12.2. The third kappa shape index (κ3) is 4.09. The molecule has 0 amide bonds. The highest BCUT2D eigenvalue weighted by Crippen LogP contribution is 2.21. The van der Waals surface area contributed by atoms with Crippen LogP contribution in [0.25, 0.3) is 0 Å². The lowest BCUT2D eigenvalue weighted by Crippen LogP contribution is -2.45. The molecule has 1 heterocycles. The molecule has 0 spiro atoms. The zero-order valence-corrected chi connectivity index (χ0v) is 11.0. The molecule has 0 aliphatic carbocycles. The Morgan fingerprint density at radius 3 is 2.79 bits per heavy atom. The normalized spacial score (nSPS) is 15.4. The zero-order valence-electron chi connectivity index (χ0n) is 8.64. The zero-order chi connectivity index (χ0) is 10.6. The van der Waals surface area contributed by atoms with Gasteiger partial charge >= 0.3 is 0 Å². The van der Waals surface area contributed by atoms with E-state index in [-0.39, 0.29) is 5.54 Å². The molecule has 0 aromatic carbocycles. The molecule has 2 nitrogen and oxygen atoms in total. The molecule has 0 saturated carbocycles. The van der Waals surface area contributed by atoms with Gasteiger partial charge in [0, 0.05) is 23.5 Å². The van der Waals surface area contributed by atoms with Gasteiger partial charge in [0.2, 0.25) is 0 Å². The second-order valence-electron chi connectivity index (χ2n) is 3.82. The predicted molar refractivity (Wildman–Crippen MR) is 66.6 cm³/mol. The Hall–Kier alpha value is 0.1000. The van der Waals surface area contributed by atoms with Crippen molar-refractivity contribution < 1.29 is 0 Å². The van der Waals surface area contributed by atoms with Crippen LogP contribution in [0.15, 0.2) is 15.9 Å². The van der Waals surface area contributed by atoms with Gasteiger partial charge in [0.05, 0.1) is 3.79 Å². The Labute approximate surface area is 98.0 Å². The Kier molecular flexibility index (Phi) is 4.57. The third-order valence-corrected chi connectivity index (χ3v) is 3.89. The van der Waals surface area contributed by atoms with E-state index in [0.717, 1.165) is 19.5 Å². The van der Waals surface area contributed by atoms with E-state index in [1.54, 1.807) is 11.3 Å². The Morgan fingerprint density at radius 2 is 2.29 bits per heavy atom. The van der Waals surface area contributed by atoms with Crippen molar-refractivity contribution in [2.75, 3.05) is 6.54 Å². The lowest BCUT2D eigenvalue weighted by Gasteiger charge is -2.22. The van der Waals surface area contributed by atoms with Crippen LogP contribution in [-0.2, 0) is 6.54 Å². The first-order valence-corrected chi connectivity index (χ1v) is 6.38. The molecule has 4 heteroatoms. The van der Waals surface area contributed by atoms with Crippen molar-refractivity contribution in [3.8, 4) is 0 Å². The molecular formula is C10H17BrN2S. The summed E-state index contributed by atoms with van der Waals surface area (Å²) in [6.07, 6.45) is 0.994. The van der Waals surface area contributed by atoms with E-state index in [0.29, 0.717) is 0 Å². The van der Waals surface area contributed by atoms with E-state index in [1.807, 2.05) is 0 Å². The number of nitrogens with two attached hydrogens (primary N) is 1. The number of nitrogens with one attached hydrogen (secondary N) is 1. The van der Waals surface area contributed by atoms with E-state index < -0.39 is 0 Å². The average Bonchev–Trinajstić information content (AvgIpc) is 2.51. The van der Waals surface area contributed by atoms with Crippen LogP contribution in [0, 0.1) is 0 Å².